The second-order valence-electron chi connectivity index (χ2n) is 5.13. The Hall–Kier alpha value is -2.46. The topological polar surface area (TPSA) is 49.9 Å². The molecule has 0 radical (unpaired) electrons. The highest BCUT2D eigenvalue weighted by Crippen LogP contribution is 2.19. The molecular formula is C17H11NO2S. The number of fused-ring (bicyclic) bond motifs is 2. The van der Waals surface area contributed by atoms with Gasteiger partial charge in [-0.2, -0.15) is 0 Å². The van der Waals surface area contributed by atoms with Crippen molar-refractivity contribution < 1.29 is 0 Å². The lowest BCUT2D eigenvalue weighted by Gasteiger charge is -2.02. The number of nitrogens with one attached hydrogen (secondary N) is 1. The fourth-order valence-electron chi connectivity index (χ4n) is 2.63. The van der Waals surface area contributed by atoms with Crippen LogP contribution in [0.25, 0.3) is 21.0 Å². The smallest absolute Gasteiger partial charge is 0.211 e. The van der Waals surface area contributed by atoms with Gasteiger partial charge in [-0.25, -0.2) is 0 Å². The van der Waals surface area contributed by atoms with E-state index in [2.05, 4.69) is 4.98 Å². The van der Waals surface area contributed by atoms with Gasteiger partial charge >= 0.3 is 0 Å². The summed E-state index contributed by atoms with van der Waals surface area (Å²) in [5.74, 6) is 0. The van der Waals surface area contributed by atoms with Gasteiger partial charge in [-0.3, -0.25) is 9.59 Å². The van der Waals surface area contributed by atoms with E-state index in [1.54, 1.807) is 24.3 Å². The average molecular weight is 293 g/mol. The molecule has 2 aliphatic rings. The highest BCUT2D eigenvalue weighted by Gasteiger charge is 2.09. The van der Waals surface area contributed by atoms with Gasteiger partial charge in [0.2, 0.25) is 10.9 Å². The highest BCUT2D eigenvalue weighted by molar-refractivity contribution is 7.16. The summed E-state index contributed by atoms with van der Waals surface area (Å²) in [6, 6.07) is 12.9. The molecule has 2 aromatic rings. The molecule has 0 bridgehead atoms. The van der Waals surface area contributed by atoms with E-state index in [1.165, 1.54) is 11.3 Å². The van der Waals surface area contributed by atoms with Crippen LogP contribution in [0.15, 0.2) is 52.1 Å². The zero-order valence-corrected chi connectivity index (χ0v) is 12.1. The number of aromatic nitrogens is 1. The van der Waals surface area contributed by atoms with Crippen molar-refractivity contribution in [1.29, 1.82) is 0 Å². The standard InChI is InChI=1S/C17H11NO2S/c1-9-6-7-12-13(8-9)21-17-14(18-12)15(19)10-4-2-3-5-11(10)16(17)20/h2-8,18H,1H3. The molecular weight excluding hydrogens is 282 g/mol. The Labute approximate surface area is 123 Å². The number of aromatic amines is 1. The molecule has 0 saturated heterocycles. The van der Waals surface area contributed by atoms with Gasteiger partial charge in [0.15, 0.2) is 0 Å². The summed E-state index contributed by atoms with van der Waals surface area (Å²) in [6.07, 6.45) is 0. The van der Waals surface area contributed by atoms with Crippen LogP contribution in [-0.2, 0) is 0 Å². The van der Waals surface area contributed by atoms with Crippen LogP contribution in [0, 0.1) is 16.8 Å². The second-order valence-corrected chi connectivity index (χ2v) is 6.19. The zero-order chi connectivity index (χ0) is 14.6. The van der Waals surface area contributed by atoms with Crippen molar-refractivity contribution >= 4 is 32.3 Å². The molecule has 4 heteroatoms. The van der Waals surface area contributed by atoms with Crippen LogP contribution in [0.1, 0.15) is 5.56 Å². The van der Waals surface area contributed by atoms with Crippen molar-refractivity contribution in [3.63, 3.8) is 0 Å². The Kier molecular flexibility index (Phi) is 2.50. The van der Waals surface area contributed by atoms with Gasteiger partial charge in [0, 0.05) is 10.8 Å². The lowest BCUT2D eigenvalue weighted by Crippen LogP contribution is -2.15. The van der Waals surface area contributed by atoms with E-state index in [0.717, 1.165) is 15.8 Å². The molecule has 0 saturated carbocycles. The number of hydrogen-bond acceptors (Lipinski definition) is 3. The third-order valence-electron chi connectivity index (χ3n) is 3.69. The molecule has 1 N–H and O–H groups in total. The summed E-state index contributed by atoms with van der Waals surface area (Å²) in [6.45, 7) is 2.01. The van der Waals surface area contributed by atoms with Gasteiger partial charge in [-0.1, -0.05) is 30.3 Å². The SMILES string of the molecule is Cc1ccc2[nH]c3c(=O)c4ccccc4c(=O)c=3sc2c1. The van der Waals surface area contributed by atoms with Gasteiger partial charge in [-0.15, -0.1) is 11.3 Å². The summed E-state index contributed by atoms with van der Waals surface area (Å²) in [4.78, 5) is 28.3. The van der Waals surface area contributed by atoms with E-state index in [4.69, 9.17) is 0 Å². The molecule has 3 nitrogen and oxygen atoms in total. The predicted molar refractivity (Wildman–Crippen MR) is 86.3 cm³/mol. The maximum Gasteiger partial charge on any atom is 0.211 e. The number of hydrogen-bond donors (Lipinski definition) is 1. The largest absolute Gasteiger partial charge is 0.350 e. The normalized spacial score (nSPS) is 11.5. The molecule has 4 rings (SSSR count). The first-order chi connectivity index (χ1) is 10.1. The summed E-state index contributed by atoms with van der Waals surface area (Å²) >= 11 is 1.38. The molecule has 2 aromatic carbocycles. The molecule has 21 heavy (non-hydrogen) atoms. The van der Waals surface area contributed by atoms with Crippen LogP contribution in [-0.4, -0.2) is 4.98 Å². The molecule has 1 heterocycles. The zero-order valence-electron chi connectivity index (χ0n) is 11.3. The minimum atomic E-state index is -0.112. The van der Waals surface area contributed by atoms with Crippen LogP contribution in [0.5, 0.6) is 0 Å². The summed E-state index contributed by atoms with van der Waals surface area (Å²) in [5.41, 5.74) is 1.82. The van der Waals surface area contributed by atoms with E-state index in [0.29, 0.717) is 20.7 Å². The molecule has 102 valence electrons. The maximum atomic E-state index is 12.6. The third kappa shape index (κ3) is 1.73. The van der Waals surface area contributed by atoms with E-state index >= 15 is 0 Å². The number of aryl methyl sites for hydroxylation is 1. The van der Waals surface area contributed by atoms with E-state index in [9.17, 15) is 9.59 Å². The number of rotatable bonds is 0. The Morgan fingerprint density at radius 1 is 0.952 bits per heavy atom. The Balaban J connectivity index is 2.40. The van der Waals surface area contributed by atoms with Crippen molar-refractivity contribution in [2.75, 3.05) is 0 Å². The highest BCUT2D eigenvalue weighted by atomic mass is 32.1. The quantitative estimate of drug-likeness (QED) is 0.541. The Morgan fingerprint density at radius 3 is 2.43 bits per heavy atom. The fraction of sp³-hybridized carbons (Fsp3) is 0.0588. The minimum Gasteiger partial charge on any atom is -0.350 e. The van der Waals surface area contributed by atoms with Gasteiger partial charge in [0.05, 0.1) is 10.2 Å². The summed E-state index contributed by atoms with van der Waals surface area (Å²) in [7, 11) is 0. The molecule has 0 unspecified atom stereocenters. The molecule has 0 fully saturated rings. The van der Waals surface area contributed by atoms with E-state index in [-0.39, 0.29) is 10.9 Å². The van der Waals surface area contributed by atoms with Crippen LogP contribution >= 0.6 is 11.3 Å². The lowest BCUT2D eigenvalue weighted by molar-refractivity contribution is 1.27. The average Bonchev–Trinajstić information content (AvgIpc) is 2.51. The Morgan fingerprint density at radius 2 is 1.67 bits per heavy atom. The molecule has 0 aromatic heterocycles. The maximum absolute atomic E-state index is 12.6. The third-order valence-corrected chi connectivity index (χ3v) is 4.84. The van der Waals surface area contributed by atoms with Gasteiger partial charge in [0.1, 0.15) is 9.88 Å². The number of H-pyrrole nitrogens is 1. The first kappa shape index (κ1) is 12.3. The lowest BCUT2D eigenvalue weighted by atomic mass is 10.1. The molecule has 0 spiro atoms. The van der Waals surface area contributed by atoms with Gasteiger partial charge < -0.3 is 4.98 Å². The summed E-state index contributed by atoms with van der Waals surface area (Å²) in [5, 5.41) is 1.37. The molecule has 1 aliphatic carbocycles. The second kappa shape index (κ2) is 4.27. The first-order valence-electron chi connectivity index (χ1n) is 6.63. The fourth-order valence-corrected chi connectivity index (χ4v) is 3.77. The molecule has 0 atom stereocenters. The predicted octanol–water partition coefficient (Wildman–Crippen LogP) is 3.14. The number of benzene rings is 2. The van der Waals surface area contributed by atoms with E-state index < -0.39 is 0 Å². The van der Waals surface area contributed by atoms with Gasteiger partial charge in [0.25, 0.3) is 0 Å². The van der Waals surface area contributed by atoms with Crippen molar-refractivity contribution in [2.45, 2.75) is 6.92 Å². The van der Waals surface area contributed by atoms with Crippen LogP contribution in [0.4, 0.5) is 0 Å². The molecule has 0 amide bonds. The van der Waals surface area contributed by atoms with E-state index in [1.807, 2.05) is 25.1 Å². The van der Waals surface area contributed by atoms with Gasteiger partial charge in [-0.05, 0) is 24.6 Å². The monoisotopic (exact) mass is 293 g/mol. The first-order valence-corrected chi connectivity index (χ1v) is 7.45. The Bertz CT molecular complexity index is 1190. The van der Waals surface area contributed by atoms with Crippen LogP contribution in [0.3, 0.4) is 0 Å². The van der Waals surface area contributed by atoms with Crippen LogP contribution in [0.2, 0.25) is 0 Å². The van der Waals surface area contributed by atoms with Crippen molar-refractivity contribution in [1.82, 2.24) is 4.98 Å². The van der Waals surface area contributed by atoms with Crippen molar-refractivity contribution in [2.24, 2.45) is 0 Å². The summed E-state index contributed by atoms with van der Waals surface area (Å²) < 4.78 is 1.48. The van der Waals surface area contributed by atoms with Crippen molar-refractivity contribution in [3.05, 3.63) is 78.4 Å². The minimum absolute atomic E-state index is 0.0788. The van der Waals surface area contributed by atoms with Crippen LogP contribution < -0.4 is 10.9 Å². The van der Waals surface area contributed by atoms with Crippen molar-refractivity contribution in [3.8, 4) is 0 Å². The molecule has 1 aliphatic heterocycles.